The molecule has 0 bridgehead atoms. The fourth-order valence-electron chi connectivity index (χ4n) is 1.81. The summed E-state index contributed by atoms with van der Waals surface area (Å²) in [5.74, 6) is -0.347. The van der Waals surface area contributed by atoms with Gasteiger partial charge >= 0.3 is 0 Å². The molecular weight excluding hydrogens is 276 g/mol. The van der Waals surface area contributed by atoms with Gasteiger partial charge in [-0.05, 0) is 37.1 Å². The molecule has 0 aliphatic heterocycles. The summed E-state index contributed by atoms with van der Waals surface area (Å²) >= 11 is 5.79. The fourth-order valence-corrected chi connectivity index (χ4v) is 1.94. The zero-order valence-corrected chi connectivity index (χ0v) is 12.8. The van der Waals surface area contributed by atoms with Gasteiger partial charge in [0, 0.05) is 17.1 Å². The predicted octanol–water partition coefficient (Wildman–Crippen LogP) is 2.62. The molecule has 0 fully saturated rings. The van der Waals surface area contributed by atoms with Crippen molar-refractivity contribution in [1.29, 1.82) is 0 Å². The third-order valence-electron chi connectivity index (χ3n) is 3.24. The van der Waals surface area contributed by atoms with Crippen molar-refractivity contribution in [2.75, 3.05) is 6.54 Å². The molecule has 5 heteroatoms. The van der Waals surface area contributed by atoms with Crippen molar-refractivity contribution < 1.29 is 9.59 Å². The Hall–Kier alpha value is -1.55. The monoisotopic (exact) mass is 296 g/mol. The van der Waals surface area contributed by atoms with Crippen LogP contribution in [0.5, 0.6) is 0 Å². The van der Waals surface area contributed by atoms with Gasteiger partial charge in [0.1, 0.15) is 6.04 Å². The molecule has 1 rings (SSSR count). The van der Waals surface area contributed by atoms with Crippen molar-refractivity contribution in [2.45, 2.75) is 33.2 Å². The molecule has 0 saturated carbocycles. The molecule has 0 radical (unpaired) electrons. The molecule has 20 heavy (non-hydrogen) atoms. The lowest BCUT2D eigenvalue weighted by Gasteiger charge is -2.23. The Morgan fingerprint density at radius 1 is 1.20 bits per heavy atom. The van der Waals surface area contributed by atoms with E-state index in [1.54, 1.807) is 24.3 Å². The van der Waals surface area contributed by atoms with Crippen molar-refractivity contribution in [3.05, 3.63) is 34.9 Å². The minimum atomic E-state index is -0.525. The van der Waals surface area contributed by atoms with Crippen LogP contribution in [0.25, 0.3) is 0 Å². The van der Waals surface area contributed by atoms with Crippen molar-refractivity contribution in [2.24, 2.45) is 5.92 Å². The van der Waals surface area contributed by atoms with Crippen LogP contribution in [0, 0.1) is 5.92 Å². The molecule has 0 aromatic heterocycles. The molecule has 0 aliphatic carbocycles. The minimum Gasteiger partial charge on any atom is -0.355 e. The van der Waals surface area contributed by atoms with Gasteiger partial charge in [-0.2, -0.15) is 0 Å². The molecule has 2 unspecified atom stereocenters. The number of halogens is 1. The first-order valence-corrected chi connectivity index (χ1v) is 7.21. The lowest BCUT2D eigenvalue weighted by Crippen LogP contribution is -2.50. The van der Waals surface area contributed by atoms with Crippen molar-refractivity contribution in [3.63, 3.8) is 0 Å². The van der Waals surface area contributed by atoms with Crippen LogP contribution in [-0.2, 0) is 4.79 Å². The summed E-state index contributed by atoms with van der Waals surface area (Å²) in [6.45, 7) is 6.34. The van der Waals surface area contributed by atoms with Gasteiger partial charge < -0.3 is 10.6 Å². The van der Waals surface area contributed by atoms with Crippen LogP contribution < -0.4 is 10.6 Å². The number of hydrogen-bond donors (Lipinski definition) is 2. The van der Waals surface area contributed by atoms with E-state index in [4.69, 9.17) is 11.6 Å². The normalized spacial score (nSPS) is 13.4. The molecule has 4 nitrogen and oxygen atoms in total. The number of hydrogen-bond acceptors (Lipinski definition) is 2. The fraction of sp³-hybridized carbons (Fsp3) is 0.467. The van der Waals surface area contributed by atoms with E-state index >= 15 is 0 Å². The topological polar surface area (TPSA) is 58.2 Å². The maximum absolute atomic E-state index is 12.2. The zero-order chi connectivity index (χ0) is 15.1. The first kappa shape index (κ1) is 16.5. The summed E-state index contributed by atoms with van der Waals surface area (Å²) < 4.78 is 0. The highest BCUT2D eigenvalue weighted by Crippen LogP contribution is 2.12. The van der Waals surface area contributed by atoms with Crippen LogP contribution in [0.1, 0.15) is 37.6 Å². The van der Waals surface area contributed by atoms with E-state index in [0.717, 1.165) is 6.42 Å². The summed E-state index contributed by atoms with van der Waals surface area (Å²) in [5.41, 5.74) is 0.493. The Bertz CT molecular complexity index is 459. The summed E-state index contributed by atoms with van der Waals surface area (Å²) in [6.07, 6.45) is 0.808. The Balaban J connectivity index is 2.81. The van der Waals surface area contributed by atoms with Crippen molar-refractivity contribution in [3.8, 4) is 0 Å². The molecule has 0 aliphatic rings. The van der Waals surface area contributed by atoms with Gasteiger partial charge in [0.15, 0.2) is 0 Å². The maximum atomic E-state index is 12.2. The number of rotatable bonds is 6. The molecule has 2 amide bonds. The standard InChI is InChI=1S/C15H21ClN2O2/c1-4-10(3)13(15(20)17-5-2)18-14(19)11-6-8-12(16)9-7-11/h6-10,13H,4-5H2,1-3H3,(H,17,20)(H,18,19). The van der Waals surface area contributed by atoms with Gasteiger partial charge in [0.2, 0.25) is 5.91 Å². The van der Waals surface area contributed by atoms with Gasteiger partial charge in [-0.25, -0.2) is 0 Å². The smallest absolute Gasteiger partial charge is 0.251 e. The molecule has 1 aromatic carbocycles. The lowest BCUT2D eigenvalue weighted by molar-refractivity contribution is -0.124. The number of likely N-dealkylation sites (N-methyl/N-ethyl adjacent to an activating group) is 1. The van der Waals surface area contributed by atoms with Crippen LogP contribution in [0.2, 0.25) is 5.02 Å². The van der Waals surface area contributed by atoms with E-state index in [9.17, 15) is 9.59 Å². The first-order chi connectivity index (χ1) is 9.49. The maximum Gasteiger partial charge on any atom is 0.251 e. The number of carbonyl (C=O) groups excluding carboxylic acids is 2. The lowest BCUT2D eigenvalue weighted by atomic mass is 9.98. The number of benzene rings is 1. The summed E-state index contributed by atoms with van der Waals surface area (Å²) in [7, 11) is 0. The highest BCUT2D eigenvalue weighted by atomic mass is 35.5. The van der Waals surface area contributed by atoms with Crippen LogP contribution in [0.15, 0.2) is 24.3 Å². The molecule has 0 spiro atoms. The number of amides is 2. The molecule has 110 valence electrons. The number of nitrogens with one attached hydrogen (secondary N) is 2. The Morgan fingerprint density at radius 2 is 1.80 bits per heavy atom. The van der Waals surface area contributed by atoms with E-state index in [-0.39, 0.29) is 17.7 Å². The highest BCUT2D eigenvalue weighted by Gasteiger charge is 2.25. The second-order valence-corrected chi connectivity index (χ2v) is 5.17. The predicted molar refractivity (Wildman–Crippen MR) is 80.8 cm³/mol. The van der Waals surface area contributed by atoms with Crippen LogP contribution in [-0.4, -0.2) is 24.4 Å². The van der Waals surface area contributed by atoms with E-state index in [0.29, 0.717) is 17.1 Å². The van der Waals surface area contributed by atoms with Crippen LogP contribution >= 0.6 is 11.6 Å². The molecule has 0 saturated heterocycles. The average Bonchev–Trinajstić information content (AvgIpc) is 2.44. The largest absolute Gasteiger partial charge is 0.355 e. The van der Waals surface area contributed by atoms with E-state index in [1.807, 2.05) is 20.8 Å². The summed E-state index contributed by atoms with van der Waals surface area (Å²) in [4.78, 5) is 24.2. The van der Waals surface area contributed by atoms with Crippen LogP contribution in [0.3, 0.4) is 0 Å². The average molecular weight is 297 g/mol. The Morgan fingerprint density at radius 3 is 2.30 bits per heavy atom. The second kappa shape index (κ2) is 7.90. The third-order valence-corrected chi connectivity index (χ3v) is 3.49. The van der Waals surface area contributed by atoms with Gasteiger partial charge in [0.05, 0.1) is 0 Å². The van der Waals surface area contributed by atoms with Gasteiger partial charge in [0.25, 0.3) is 5.91 Å². The molecule has 1 aromatic rings. The Labute approximate surface area is 124 Å². The van der Waals surface area contributed by atoms with Crippen LogP contribution in [0.4, 0.5) is 0 Å². The number of carbonyl (C=O) groups is 2. The highest BCUT2D eigenvalue weighted by molar-refractivity contribution is 6.30. The van der Waals surface area contributed by atoms with Gasteiger partial charge in [-0.15, -0.1) is 0 Å². The third kappa shape index (κ3) is 4.53. The SMILES string of the molecule is CCNC(=O)C(NC(=O)c1ccc(Cl)cc1)C(C)CC. The summed E-state index contributed by atoms with van der Waals surface area (Å²) in [6, 6.07) is 6.07. The van der Waals surface area contributed by atoms with Gasteiger partial charge in [-0.1, -0.05) is 31.9 Å². The molecular formula is C15H21ClN2O2. The quantitative estimate of drug-likeness (QED) is 0.848. The summed E-state index contributed by atoms with van der Waals surface area (Å²) in [5, 5.41) is 6.12. The molecule has 2 N–H and O–H groups in total. The first-order valence-electron chi connectivity index (χ1n) is 6.83. The van der Waals surface area contributed by atoms with Crippen molar-refractivity contribution in [1.82, 2.24) is 10.6 Å². The van der Waals surface area contributed by atoms with E-state index in [1.165, 1.54) is 0 Å². The van der Waals surface area contributed by atoms with Crippen molar-refractivity contribution >= 4 is 23.4 Å². The second-order valence-electron chi connectivity index (χ2n) is 4.74. The van der Waals surface area contributed by atoms with E-state index < -0.39 is 6.04 Å². The minimum absolute atomic E-state index is 0.0674. The molecule has 2 atom stereocenters. The Kier molecular flexibility index (Phi) is 6.52. The van der Waals surface area contributed by atoms with Gasteiger partial charge in [-0.3, -0.25) is 9.59 Å². The molecule has 0 heterocycles. The zero-order valence-electron chi connectivity index (χ0n) is 12.1. The van der Waals surface area contributed by atoms with E-state index in [2.05, 4.69) is 10.6 Å².